The molecule has 5 rings (SSSR count). The molecule has 212 valence electrons. The van der Waals surface area contributed by atoms with Crippen LogP contribution in [0.1, 0.15) is 24.3 Å². The molecule has 3 aromatic carbocycles. The van der Waals surface area contributed by atoms with Crippen molar-refractivity contribution in [2.24, 2.45) is 0 Å². The third-order valence-corrected chi connectivity index (χ3v) is 9.26. The minimum absolute atomic E-state index is 0.0729. The Kier molecular flexibility index (Phi) is 7.98. The number of rotatable bonds is 9. The molecule has 2 heterocycles. The molecule has 3 aromatic rings. The van der Waals surface area contributed by atoms with Crippen molar-refractivity contribution in [2.75, 3.05) is 28.8 Å². The van der Waals surface area contributed by atoms with Gasteiger partial charge in [0, 0.05) is 47.2 Å². The molecular weight excluding hydrogens is 589 g/mol. The monoisotopic (exact) mass is 612 g/mol. The zero-order chi connectivity index (χ0) is 28.6. The first-order valence-electron chi connectivity index (χ1n) is 12.3. The molecule has 40 heavy (non-hydrogen) atoms. The van der Waals surface area contributed by atoms with Crippen LogP contribution in [0.5, 0.6) is 11.5 Å². The lowest BCUT2D eigenvalue weighted by Crippen LogP contribution is -2.46. The van der Waals surface area contributed by atoms with Crippen molar-refractivity contribution in [2.45, 2.75) is 36.4 Å². The Hall–Kier alpha value is -3.28. The fourth-order valence-electron chi connectivity index (χ4n) is 4.87. The van der Waals surface area contributed by atoms with Crippen LogP contribution >= 0.6 is 23.2 Å². The topological polar surface area (TPSA) is 96.4 Å². The molecule has 2 aliphatic heterocycles. The largest absolute Gasteiger partial charge is 0.486 e. The second-order valence-electron chi connectivity index (χ2n) is 9.45. The second kappa shape index (κ2) is 11.3. The van der Waals surface area contributed by atoms with Gasteiger partial charge in [0.2, 0.25) is 0 Å². The number of benzene rings is 3. The van der Waals surface area contributed by atoms with Gasteiger partial charge in [0.1, 0.15) is 17.6 Å². The highest BCUT2D eigenvalue weighted by Crippen LogP contribution is 2.44. The lowest BCUT2D eigenvalue weighted by atomic mass is 9.90. The van der Waals surface area contributed by atoms with Crippen molar-refractivity contribution < 1.29 is 36.6 Å². The highest BCUT2D eigenvalue weighted by Gasteiger charge is 2.37. The molecule has 0 spiro atoms. The van der Waals surface area contributed by atoms with Crippen LogP contribution in [0.3, 0.4) is 0 Å². The van der Waals surface area contributed by atoms with Gasteiger partial charge in [-0.1, -0.05) is 35.3 Å². The van der Waals surface area contributed by atoms with Gasteiger partial charge >= 0.3 is 12.6 Å². The predicted octanol–water partition coefficient (Wildman–Crippen LogP) is 6.02. The molecule has 0 radical (unpaired) electrons. The molecule has 0 unspecified atom stereocenters. The summed E-state index contributed by atoms with van der Waals surface area (Å²) >= 11 is 12.7. The molecule has 0 saturated carbocycles. The standard InChI is InChI=1S/C27H24Cl2F2N2O6S/c28-21-5-2-6-22(29)26(21)16-13-32(14-16)17-7-9-24-23(11-17)33(15-19(38-24)8-10-25(34)35)40(36,37)20-4-1-3-18(12-20)39-27(30)31/h1-7,9,11-12,16,19,27H,8,10,13-15H2,(H,34,35)/t19-/m1/s1. The third-order valence-electron chi connectivity index (χ3n) is 6.83. The Morgan fingerprint density at radius 3 is 2.42 bits per heavy atom. The quantitative estimate of drug-likeness (QED) is 0.315. The second-order valence-corrected chi connectivity index (χ2v) is 12.1. The summed E-state index contributed by atoms with van der Waals surface area (Å²) in [7, 11) is -4.27. The van der Waals surface area contributed by atoms with Gasteiger partial charge in [0.15, 0.2) is 0 Å². The van der Waals surface area contributed by atoms with Gasteiger partial charge in [-0.05, 0) is 54.4 Å². The van der Waals surface area contributed by atoms with Gasteiger partial charge in [-0.15, -0.1) is 0 Å². The highest BCUT2D eigenvalue weighted by atomic mass is 35.5. The number of alkyl halides is 2. The predicted molar refractivity (Wildman–Crippen MR) is 147 cm³/mol. The number of hydrogen-bond acceptors (Lipinski definition) is 6. The van der Waals surface area contributed by atoms with Gasteiger partial charge in [0.05, 0.1) is 17.1 Å². The minimum Gasteiger partial charge on any atom is -0.486 e. The maximum absolute atomic E-state index is 13.8. The first-order chi connectivity index (χ1) is 19.0. The van der Waals surface area contributed by atoms with Crippen molar-refractivity contribution in [3.05, 3.63) is 76.3 Å². The van der Waals surface area contributed by atoms with Crippen molar-refractivity contribution >= 4 is 50.6 Å². The number of carbonyl (C=O) groups is 1. The fraction of sp³-hybridized carbons (Fsp3) is 0.296. The SMILES string of the molecule is O=C(O)CC[C@@H]1CN(S(=O)(=O)c2cccc(OC(F)F)c2)c2cc(N3CC(c4c(Cl)cccc4Cl)C3)ccc2O1. The third kappa shape index (κ3) is 5.77. The van der Waals surface area contributed by atoms with Gasteiger partial charge < -0.3 is 19.5 Å². The number of carboxylic acid groups (broad SMARTS) is 1. The number of ether oxygens (including phenoxy) is 2. The van der Waals surface area contributed by atoms with E-state index in [-0.39, 0.29) is 47.4 Å². The van der Waals surface area contributed by atoms with E-state index in [9.17, 15) is 22.0 Å². The lowest BCUT2D eigenvalue weighted by molar-refractivity contribution is -0.137. The van der Waals surface area contributed by atoms with Crippen molar-refractivity contribution in [3.63, 3.8) is 0 Å². The van der Waals surface area contributed by atoms with E-state index >= 15 is 0 Å². The molecule has 0 aromatic heterocycles. The van der Waals surface area contributed by atoms with Crippen LogP contribution in [0.25, 0.3) is 0 Å². The average Bonchev–Trinajstić information content (AvgIpc) is 2.87. The van der Waals surface area contributed by atoms with E-state index in [2.05, 4.69) is 4.74 Å². The first kappa shape index (κ1) is 28.3. The Balaban J connectivity index is 1.46. The van der Waals surface area contributed by atoms with E-state index in [1.807, 2.05) is 4.90 Å². The van der Waals surface area contributed by atoms with E-state index in [1.165, 1.54) is 18.2 Å². The Morgan fingerprint density at radius 1 is 1.05 bits per heavy atom. The molecule has 0 amide bonds. The number of carboxylic acids is 1. The van der Waals surface area contributed by atoms with Crippen molar-refractivity contribution in [3.8, 4) is 11.5 Å². The van der Waals surface area contributed by atoms with Gasteiger partial charge in [0.25, 0.3) is 10.0 Å². The van der Waals surface area contributed by atoms with E-state index in [0.29, 0.717) is 23.1 Å². The number of fused-ring (bicyclic) bond motifs is 1. The minimum atomic E-state index is -4.27. The zero-order valence-corrected chi connectivity index (χ0v) is 23.2. The molecule has 1 fully saturated rings. The van der Waals surface area contributed by atoms with Crippen molar-refractivity contribution in [1.82, 2.24) is 0 Å². The van der Waals surface area contributed by atoms with Crippen LogP contribution < -0.4 is 18.7 Å². The van der Waals surface area contributed by atoms with Crippen LogP contribution in [0, 0.1) is 0 Å². The van der Waals surface area contributed by atoms with Gasteiger partial charge in [-0.25, -0.2) is 8.42 Å². The van der Waals surface area contributed by atoms with Crippen LogP contribution in [0.4, 0.5) is 20.2 Å². The molecular formula is C27H24Cl2F2N2O6S. The molecule has 1 N–H and O–H groups in total. The van der Waals surface area contributed by atoms with Crippen LogP contribution in [-0.4, -0.2) is 51.8 Å². The summed E-state index contributed by atoms with van der Waals surface area (Å²) in [6.07, 6.45) is -0.882. The number of aliphatic carboxylic acids is 1. The summed E-state index contributed by atoms with van der Waals surface area (Å²) in [5.41, 5.74) is 1.85. The van der Waals surface area contributed by atoms with E-state index in [4.69, 9.17) is 33.0 Å². The Labute approximate surface area is 239 Å². The summed E-state index contributed by atoms with van der Waals surface area (Å²) in [5.74, 6) is -0.987. The van der Waals surface area contributed by atoms with E-state index < -0.39 is 28.7 Å². The number of anilines is 2. The Morgan fingerprint density at radius 2 is 1.75 bits per heavy atom. The van der Waals surface area contributed by atoms with E-state index in [1.54, 1.807) is 36.4 Å². The molecule has 8 nitrogen and oxygen atoms in total. The number of hydrogen-bond donors (Lipinski definition) is 1. The number of sulfonamides is 1. The molecule has 1 atom stereocenters. The average molecular weight is 613 g/mol. The molecule has 0 bridgehead atoms. The first-order valence-corrected chi connectivity index (χ1v) is 14.5. The summed E-state index contributed by atoms with van der Waals surface area (Å²) in [6, 6.07) is 15.3. The van der Waals surface area contributed by atoms with Crippen LogP contribution in [0.15, 0.2) is 65.6 Å². The summed E-state index contributed by atoms with van der Waals surface area (Å²) in [5, 5.41) is 10.3. The maximum atomic E-state index is 13.8. The highest BCUT2D eigenvalue weighted by molar-refractivity contribution is 7.92. The number of nitrogens with zero attached hydrogens (tertiary/aromatic N) is 2. The smallest absolute Gasteiger partial charge is 0.387 e. The Bertz CT molecular complexity index is 1510. The van der Waals surface area contributed by atoms with Crippen molar-refractivity contribution in [1.29, 1.82) is 0 Å². The van der Waals surface area contributed by atoms with Gasteiger partial charge in [-0.2, -0.15) is 8.78 Å². The van der Waals surface area contributed by atoms with Crippen LogP contribution in [0.2, 0.25) is 10.0 Å². The molecule has 2 aliphatic rings. The summed E-state index contributed by atoms with van der Waals surface area (Å²) in [6.45, 7) is -2.08. The summed E-state index contributed by atoms with van der Waals surface area (Å²) < 4.78 is 64.7. The van der Waals surface area contributed by atoms with E-state index in [0.717, 1.165) is 21.6 Å². The lowest BCUT2D eigenvalue weighted by Gasteiger charge is -2.43. The maximum Gasteiger partial charge on any atom is 0.387 e. The van der Waals surface area contributed by atoms with Crippen LogP contribution in [-0.2, 0) is 14.8 Å². The normalized spacial score (nSPS) is 17.3. The fourth-order valence-corrected chi connectivity index (χ4v) is 7.11. The van der Waals surface area contributed by atoms with Gasteiger partial charge in [-0.3, -0.25) is 9.10 Å². The molecule has 13 heteroatoms. The molecule has 1 saturated heterocycles. The summed E-state index contributed by atoms with van der Waals surface area (Å²) in [4.78, 5) is 13.0. The molecule has 0 aliphatic carbocycles. The zero-order valence-electron chi connectivity index (χ0n) is 20.8. The number of halogens is 4.